The van der Waals surface area contributed by atoms with Crippen LogP contribution < -0.4 is 90.9 Å². The summed E-state index contributed by atoms with van der Waals surface area (Å²) in [7, 11) is -10.5. The van der Waals surface area contributed by atoms with Gasteiger partial charge in [0.25, 0.3) is 10.1 Å². The molecular weight excluding hydrogens is 861 g/mol. The molecule has 0 aliphatic rings. The number of benzene rings is 6. The molecule has 0 unspecified atom stereocenters. The quantitative estimate of drug-likeness (QED) is 0.0500. The van der Waals surface area contributed by atoms with Crippen molar-refractivity contribution in [1.82, 2.24) is 0 Å². The minimum absolute atomic E-state index is 0. The predicted molar refractivity (Wildman–Crippen MR) is 223 cm³/mol. The van der Waals surface area contributed by atoms with Gasteiger partial charge in [-0.3, -0.25) is 4.55 Å². The van der Waals surface area contributed by atoms with Crippen LogP contribution in [-0.4, -0.2) is 39.2 Å². The van der Waals surface area contributed by atoms with Crippen LogP contribution in [0.5, 0.6) is 17.2 Å². The molecule has 6 rings (SSSR count). The number of anilines is 3. The second-order valence-corrected chi connectivity index (χ2v) is 15.8. The summed E-state index contributed by atoms with van der Waals surface area (Å²) >= 11 is 0. The van der Waals surface area contributed by atoms with Crippen molar-refractivity contribution in [2.45, 2.75) is 36.5 Å². The zero-order valence-corrected chi connectivity index (χ0v) is 39.6. The summed E-state index contributed by atoms with van der Waals surface area (Å²) in [6, 6.07) is 24.6. The smallest absolute Gasteiger partial charge is 0.870 e. The van der Waals surface area contributed by atoms with Crippen molar-refractivity contribution >= 4 is 82.2 Å². The third kappa shape index (κ3) is 11.7. The Bertz CT molecular complexity index is 2920. The Hall–Kier alpha value is -5.00. The summed E-state index contributed by atoms with van der Waals surface area (Å²) < 4.78 is 84.5. The Morgan fingerprint density at radius 2 is 1.15 bits per heavy atom. The van der Waals surface area contributed by atoms with E-state index < -0.39 is 63.6 Å². The van der Waals surface area contributed by atoms with Gasteiger partial charge in [-0.05, 0) is 96.1 Å². The molecule has 0 saturated heterocycles. The van der Waals surface area contributed by atoms with E-state index in [1.165, 1.54) is 18.2 Å². The van der Waals surface area contributed by atoms with E-state index in [1.807, 2.05) is 13.8 Å². The van der Waals surface area contributed by atoms with Gasteiger partial charge < -0.3 is 36.3 Å². The first-order valence-electron chi connectivity index (χ1n) is 18.1. The monoisotopic (exact) mass is 897 g/mol. The van der Waals surface area contributed by atoms with Gasteiger partial charge in [-0.25, -0.2) is 8.42 Å². The summed E-state index contributed by atoms with van der Waals surface area (Å²) in [6.07, 6.45) is 1.33. The first-order valence-corrected chi connectivity index (χ1v) is 21.0. The number of nitrogens with two attached hydrogens (primary N) is 3. The topological polar surface area (TPSA) is 305 Å². The molecule has 0 aliphatic heterocycles. The number of nitrogen functional groups attached to an aromatic ring is 3. The summed E-state index contributed by atoms with van der Waals surface area (Å²) in [6.45, 7) is 4.49. The minimum Gasteiger partial charge on any atom is -0.870 e. The van der Waals surface area contributed by atoms with E-state index >= 15 is 0 Å². The summed E-state index contributed by atoms with van der Waals surface area (Å²) in [4.78, 5) is -2.01. The van der Waals surface area contributed by atoms with Crippen LogP contribution in [0.15, 0.2) is 138 Å². The molecular formula is C40H37N9Na2O9S2. The van der Waals surface area contributed by atoms with E-state index in [4.69, 9.17) is 26.7 Å². The molecule has 18 nitrogen and oxygen atoms in total. The van der Waals surface area contributed by atoms with Crippen molar-refractivity contribution in [2.24, 2.45) is 30.7 Å². The van der Waals surface area contributed by atoms with Crippen molar-refractivity contribution in [3.05, 3.63) is 97.1 Å². The largest absolute Gasteiger partial charge is 1.00 e. The molecule has 0 aromatic heterocycles. The fraction of sp³-hybridized carbons (Fsp3) is 0.150. The Kier molecular flexibility index (Phi) is 17.1. The van der Waals surface area contributed by atoms with Gasteiger partial charge in [0.15, 0.2) is 0 Å². The second kappa shape index (κ2) is 21.4. The fourth-order valence-corrected chi connectivity index (χ4v) is 7.08. The van der Waals surface area contributed by atoms with Gasteiger partial charge in [0.2, 0.25) is 0 Å². The van der Waals surface area contributed by atoms with Crippen LogP contribution in [0.2, 0.25) is 0 Å². The third-order valence-corrected chi connectivity index (χ3v) is 10.3. The van der Waals surface area contributed by atoms with E-state index in [0.29, 0.717) is 52.7 Å². The maximum atomic E-state index is 13.8. The van der Waals surface area contributed by atoms with Crippen LogP contribution in [0.4, 0.5) is 51.2 Å². The molecule has 62 heavy (non-hydrogen) atoms. The van der Waals surface area contributed by atoms with Crippen molar-refractivity contribution in [3.63, 3.8) is 0 Å². The first-order chi connectivity index (χ1) is 28.6. The molecule has 7 N–H and O–H groups in total. The Balaban J connectivity index is 0.00000422. The van der Waals surface area contributed by atoms with Gasteiger partial charge in [0.05, 0.1) is 40.9 Å². The normalized spacial score (nSPS) is 11.9. The average Bonchev–Trinajstić information content (AvgIpc) is 3.20. The van der Waals surface area contributed by atoms with Gasteiger partial charge in [0, 0.05) is 11.1 Å². The number of azo groups is 3. The molecule has 0 radical (unpaired) electrons. The SMILES string of the molecule is CCCOc1cc(-c2ccc(N=Nc3c(S(=O)(=O)[O-])cc4cc(S(=O)(=O)O)c(N=Nc5ccccc5)c([O-])c4c3N)c(OCCC)c2)ccc1N=Nc1ccc(N)cc1N.[Na+].[Na+]. The molecule has 0 aliphatic carbocycles. The van der Waals surface area contributed by atoms with Gasteiger partial charge in [-0.1, -0.05) is 49.9 Å². The van der Waals surface area contributed by atoms with Crippen LogP contribution in [0.1, 0.15) is 26.7 Å². The van der Waals surface area contributed by atoms with Crippen molar-refractivity contribution in [3.8, 4) is 28.4 Å². The van der Waals surface area contributed by atoms with Crippen molar-refractivity contribution < 1.29 is 99.6 Å². The van der Waals surface area contributed by atoms with E-state index in [-0.39, 0.29) is 82.8 Å². The summed E-state index contributed by atoms with van der Waals surface area (Å²) in [5.41, 5.74) is 19.5. The van der Waals surface area contributed by atoms with Gasteiger partial charge in [-0.2, -0.15) is 13.5 Å². The van der Waals surface area contributed by atoms with Gasteiger partial charge >= 0.3 is 59.1 Å². The molecule has 0 heterocycles. The van der Waals surface area contributed by atoms with Crippen LogP contribution in [-0.2, 0) is 20.2 Å². The number of rotatable bonds is 15. The maximum absolute atomic E-state index is 13.8. The Labute approximate surface area is 401 Å². The first kappa shape index (κ1) is 49.7. The van der Waals surface area contributed by atoms with Crippen molar-refractivity contribution in [2.75, 3.05) is 30.4 Å². The second-order valence-electron chi connectivity index (χ2n) is 13.0. The summed E-state index contributed by atoms with van der Waals surface area (Å²) in [5.74, 6) is -0.492. The zero-order chi connectivity index (χ0) is 43.2. The molecule has 0 saturated carbocycles. The van der Waals surface area contributed by atoms with E-state index in [9.17, 15) is 31.0 Å². The maximum Gasteiger partial charge on any atom is 1.00 e. The molecule has 0 amide bonds. The number of hydrogen-bond donors (Lipinski definition) is 4. The average molecular weight is 898 g/mol. The molecule has 0 fully saturated rings. The third-order valence-electron chi connectivity index (χ3n) is 8.62. The molecule has 22 heteroatoms. The number of hydrogen-bond acceptors (Lipinski definition) is 17. The molecule has 0 bridgehead atoms. The number of fused-ring (bicyclic) bond motifs is 1. The van der Waals surface area contributed by atoms with Gasteiger partial charge in [-0.15, -0.1) is 25.6 Å². The van der Waals surface area contributed by atoms with Gasteiger partial charge in [0.1, 0.15) is 49.3 Å². The van der Waals surface area contributed by atoms with Crippen LogP contribution in [0.3, 0.4) is 0 Å². The summed E-state index contributed by atoms with van der Waals surface area (Å²) in [5, 5.41) is 37.5. The van der Waals surface area contributed by atoms with E-state index in [2.05, 4.69) is 30.7 Å². The molecule has 0 spiro atoms. The van der Waals surface area contributed by atoms with E-state index in [1.54, 1.807) is 66.7 Å². The molecule has 310 valence electrons. The number of ether oxygens (including phenoxy) is 2. The molecule has 0 atom stereocenters. The standard InChI is InChI=1S/C40H39N9O9S2.2Na/c1-3-16-57-32-18-23(10-13-30(32)46-45-29-15-12-26(41)22-28(29)42)24-11-14-31(33(19-24)58-17-4-2)47-48-38-34(59(51,52)53)20-25-21-35(60(54,55)56)39(40(50)36(25)37(38)43)49-44-27-8-6-5-7-9-27;;/h5-15,18-22,50H,3-4,16-17,41-43H2,1-2H3,(H,51,52,53)(H,54,55,56);;/q;2*+1/p-2. The van der Waals surface area contributed by atoms with Crippen LogP contribution in [0, 0.1) is 0 Å². The predicted octanol–water partition coefficient (Wildman–Crippen LogP) is 3.31. The van der Waals surface area contributed by atoms with E-state index in [0.717, 1.165) is 18.6 Å². The zero-order valence-electron chi connectivity index (χ0n) is 34.0. The molecule has 6 aromatic rings. The Morgan fingerprint density at radius 1 is 0.629 bits per heavy atom. The number of nitrogens with zero attached hydrogens (tertiary/aromatic N) is 6. The van der Waals surface area contributed by atoms with Crippen molar-refractivity contribution in [1.29, 1.82) is 0 Å². The Morgan fingerprint density at radius 3 is 1.68 bits per heavy atom. The fourth-order valence-electron chi connectivity index (χ4n) is 5.77. The van der Waals surface area contributed by atoms with Crippen LogP contribution in [0.25, 0.3) is 21.9 Å². The minimum atomic E-state index is -5.38. The molecule has 6 aromatic carbocycles. The van der Waals surface area contributed by atoms with Crippen LogP contribution >= 0.6 is 0 Å².